The van der Waals surface area contributed by atoms with E-state index < -0.39 is 5.60 Å². The minimum atomic E-state index is -1.11. The molecule has 0 atom stereocenters. The molecule has 2 aliphatic rings. The molecule has 2 aliphatic heterocycles. The van der Waals surface area contributed by atoms with Gasteiger partial charge >= 0.3 is 0 Å². The Kier molecular flexibility index (Phi) is 4.94. The Hall–Kier alpha value is -3.60. The molecule has 1 saturated heterocycles. The minimum Gasteiger partial charge on any atom is -0.379 e. The molecule has 3 aromatic heterocycles. The van der Waals surface area contributed by atoms with Crippen LogP contribution in [-0.4, -0.2) is 49.2 Å². The van der Waals surface area contributed by atoms with Crippen LogP contribution in [-0.2, 0) is 29.8 Å². The zero-order valence-corrected chi connectivity index (χ0v) is 18.8. The summed E-state index contributed by atoms with van der Waals surface area (Å²) >= 11 is 0. The number of anilines is 2. The van der Waals surface area contributed by atoms with Crippen molar-refractivity contribution in [3.05, 3.63) is 69.9 Å². The maximum absolute atomic E-state index is 13.1. The second-order valence-corrected chi connectivity index (χ2v) is 8.72. The summed E-state index contributed by atoms with van der Waals surface area (Å²) in [7, 11) is 0. The molecule has 34 heavy (non-hydrogen) atoms. The van der Waals surface area contributed by atoms with Gasteiger partial charge in [0.05, 0.1) is 24.6 Å². The first-order valence-corrected chi connectivity index (χ1v) is 11.4. The first-order chi connectivity index (χ1) is 16.6. The van der Waals surface area contributed by atoms with Crippen LogP contribution in [0, 0.1) is 0 Å². The Morgan fingerprint density at radius 1 is 1.21 bits per heavy atom. The zero-order valence-electron chi connectivity index (χ0n) is 18.8. The van der Waals surface area contributed by atoms with Crippen LogP contribution in [0.15, 0.2) is 47.5 Å². The summed E-state index contributed by atoms with van der Waals surface area (Å²) < 4.78 is 8.54. The lowest BCUT2D eigenvalue weighted by molar-refractivity contribution is -0.186. The van der Waals surface area contributed by atoms with Crippen molar-refractivity contribution in [3.63, 3.8) is 0 Å². The smallest absolute Gasteiger partial charge is 0.278 e. The second-order valence-electron chi connectivity index (χ2n) is 8.72. The fourth-order valence-electron chi connectivity index (χ4n) is 4.57. The summed E-state index contributed by atoms with van der Waals surface area (Å²) in [4.78, 5) is 26.5. The third kappa shape index (κ3) is 3.38. The van der Waals surface area contributed by atoms with Gasteiger partial charge in [-0.25, -0.2) is 14.3 Å². The van der Waals surface area contributed by atoms with E-state index in [4.69, 9.17) is 9.72 Å². The van der Waals surface area contributed by atoms with Crippen molar-refractivity contribution in [1.82, 2.24) is 29.6 Å². The lowest BCUT2D eigenvalue weighted by Crippen LogP contribution is -2.47. The van der Waals surface area contributed by atoms with Gasteiger partial charge in [-0.1, -0.05) is 6.07 Å². The lowest BCUT2D eigenvalue weighted by atomic mass is 9.97. The molecule has 6 rings (SSSR count). The fourth-order valence-corrected chi connectivity index (χ4v) is 4.57. The van der Waals surface area contributed by atoms with E-state index in [-0.39, 0.29) is 18.8 Å². The molecule has 3 N–H and O–H groups in total. The predicted octanol–water partition coefficient (Wildman–Crippen LogP) is 1.60. The SMILES string of the molecule is CCn1c(=O)c2cnc(Nc3ccc4c(c3)CNCC4)nc2n1-c1ccnc(C2(O)COC2)c1. The van der Waals surface area contributed by atoms with Crippen molar-refractivity contribution in [2.45, 2.75) is 32.0 Å². The summed E-state index contributed by atoms with van der Waals surface area (Å²) in [5, 5.41) is 17.8. The molecule has 0 unspecified atom stereocenters. The third-order valence-corrected chi connectivity index (χ3v) is 6.47. The van der Waals surface area contributed by atoms with E-state index in [9.17, 15) is 9.90 Å². The minimum absolute atomic E-state index is 0.173. The number of benzene rings is 1. The van der Waals surface area contributed by atoms with Crippen LogP contribution in [0.1, 0.15) is 23.7 Å². The predicted molar refractivity (Wildman–Crippen MR) is 126 cm³/mol. The van der Waals surface area contributed by atoms with Crippen LogP contribution < -0.4 is 16.2 Å². The molecule has 10 nitrogen and oxygen atoms in total. The highest BCUT2D eigenvalue weighted by atomic mass is 16.5. The number of nitrogens with one attached hydrogen (secondary N) is 2. The molecule has 0 spiro atoms. The number of pyridine rings is 1. The van der Waals surface area contributed by atoms with Crippen LogP contribution in [0.25, 0.3) is 16.7 Å². The average molecular weight is 460 g/mol. The summed E-state index contributed by atoms with van der Waals surface area (Å²) in [5.74, 6) is 0.401. The Balaban J connectivity index is 1.43. The quantitative estimate of drug-likeness (QED) is 0.412. The number of rotatable bonds is 5. The summed E-state index contributed by atoms with van der Waals surface area (Å²) in [6, 6.07) is 9.84. The topological polar surface area (TPSA) is 119 Å². The molecule has 1 fully saturated rings. The van der Waals surface area contributed by atoms with Crippen LogP contribution >= 0.6 is 0 Å². The van der Waals surface area contributed by atoms with Gasteiger partial charge in [0.2, 0.25) is 5.95 Å². The van der Waals surface area contributed by atoms with Crippen molar-refractivity contribution < 1.29 is 9.84 Å². The Bertz CT molecular complexity index is 1450. The Morgan fingerprint density at radius 3 is 2.88 bits per heavy atom. The van der Waals surface area contributed by atoms with Crippen LogP contribution in [0.2, 0.25) is 0 Å². The number of ether oxygens (including phenoxy) is 1. The molecule has 0 bridgehead atoms. The van der Waals surface area contributed by atoms with Gasteiger partial charge in [0, 0.05) is 31.2 Å². The lowest BCUT2D eigenvalue weighted by Gasteiger charge is -2.35. The summed E-state index contributed by atoms with van der Waals surface area (Å²) in [5.41, 5.74) is 3.89. The molecule has 0 saturated carbocycles. The molecular formula is C24H25N7O3. The third-order valence-electron chi connectivity index (χ3n) is 6.47. The summed E-state index contributed by atoms with van der Waals surface area (Å²) in [6.07, 6.45) is 4.20. The largest absolute Gasteiger partial charge is 0.379 e. The monoisotopic (exact) mass is 459 g/mol. The van der Waals surface area contributed by atoms with Crippen molar-refractivity contribution >= 4 is 22.7 Å². The highest BCUT2D eigenvalue weighted by molar-refractivity contribution is 5.77. The number of aliphatic hydroxyl groups is 1. The highest BCUT2D eigenvalue weighted by Gasteiger charge is 2.39. The van der Waals surface area contributed by atoms with Crippen molar-refractivity contribution in [2.24, 2.45) is 0 Å². The molecule has 0 aliphatic carbocycles. The zero-order chi connectivity index (χ0) is 23.3. The average Bonchev–Trinajstić information content (AvgIpc) is 3.13. The molecule has 10 heteroatoms. The van der Waals surface area contributed by atoms with Gasteiger partial charge in [-0.15, -0.1) is 0 Å². The van der Waals surface area contributed by atoms with E-state index in [2.05, 4.69) is 32.7 Å². The van der Waals surface area contributed by atoms with Crippen molar-refractivity contribution in [3.8, 4) is 5.69 Å². The van der Waals surface area contributed by atoms with E-state index in [1.807, 2.05) is 13.0 Å². The van der Waals surface area contributed by atoms with Crippen LogP contribution in [0.5, 0.6) is 0 Å². The first-order valence-electron chi connectivity index (χ1n) is 11.4. The molecular weight excluding hydrogens is 434 g/mol. The molecule has 0 radical (unpaired) electrons. The van der Waals surface area contributed by atoms with E-state index >= 15 is 0 Å². The number of hydrogen-bond acceptors (Lipinski definition) is 8. The van der Waals surface area contributed by atoms with Gasteiger partial charge in [-0.05, 0) is 55.3 Å². The number of hydrogen-bond donors (Lipinski definition) is 3. The maximum atomic E-state index is 13.1. The van der Waals surface area contributed by atoms with Crippen LogP contribution in [0.4, 0.5) is 11.6 Å². The molecule has 4 aromatic rings. The maximum Gasteiger partial charge on any atom is 0.278 e. The van der Waals surface area contributed by atoms with Crippen molar-refractivity contribution in [2.75, 3.05) is 25.1 Å². The van der Waals surface area contributed by atoms with Gasteiger partial charge in [-0.2, -0.15) is 4.98 Å². The van der Waals surface area contributed by atoms with E-state index in [0.717, 1.165) is 25.2 Å². The van der Waals surface area contributed by atoms with Gasteiger partial charge in [-0.3, -0.25) is 9.78 Å². The van der Waals surface area contributed by atoms with Gasteiger partial charge in [0.1, 0.15) is 5.39 Å². The van der Waals surface area contributed by atoms with Gasteiger partial charge in [0.25, 0.3) is 5.56 Å². The molecule has 0 amide bonds. The molecule has 5 heterocycles. The number of aromatic nitrogens is 5. The van der Waals surface area contributed by atoms with E-state index in [1.165, 1.54) is 11.1 Å². The first kappa shape index (κ1) is 21.0. The van der Waals surface area contributed by atoms with Crippen LogP contribution in [0.3, 0.4) is 0 Å². The van der Waals surface area contributed by atoms with E-state index in [1.54, 1.807) is 33.9 Å². The van der Waals surface area contributed by atoms with Gasteiger partial charge < -0.3 is 20.5 Å². The normalized spacial score (nSPS) is 16.8. The number of nitrogens with zero attached hydrogens (tertiary/aromatic N) is 5. The Morgan fingerprint density at radius 2 is 2.09 bits per heavy atom. The fraction of sp³-hybridized carbons (Fsp3) is 0.333. The number of fused-ring (bicyclic) bond motifs is 2. The van der Waals surface area contributed by atoms with Crippen molar-refractivity contribution in [1.29, 1.82) is 0 Å². The second kappa shape index (κ2) is 8.01. The van der Waals surface area contributed by atoms with Gasteiger partial charge in [0.15, 0.2) is 11.2 Å². The molecule has 1 aromatic carbocycles. The summed E-state index contributed by atoms with van der Waals surface area (Å²) in [6.45, 7) is 4.57. The highest BCUT2D eigenvalue weighted by Crippen LogP contribution is 2.29. The standard InChI is InChI=1S/C24H25N7O3/c1-2-30-22(32)19-12-27-23(28-17-4-3-15-5-7-25-11-16(15)9-17)29-21(19)31(30)18-6-8-26-20(10-18)24(33)13-34-14-24/h3-4,6,8-10,12,25,33H,2,5,7,11,13-14H2,1H3,(H,27,28,29). The Labute approximate surface area is 195 Å². The van der Waals surface area contributed by atoms with E-state index in [0.29, 0.717) is 34.9 Å². The molecule has 174 valence electrons.